The maximum Gasteiger partial charge on any atom is 0.0846 e. The first-order valence-electron chi connectivity index (χ1n) is 11.5. The fraction of sp³-hybridized carbons (Fsp3) is 0.760. The van der Waals surface area contributed by atoms with E-state index < -0.39 is 0 Å². The summed E-state index contributed by atoms with van der Waals surface area (Å²) < 4.78 is 0. The molecule has 4 unspecified atom stereocenters. The van der Waals surface area contributed by atoms with Crippen molar-refractivity contribution in [1.82, 2.24) is 0 Å². The third-order valence-corrected chi connectivity index (χ3v) is 8.03. The average molecular weight is 391 g/mol. The van der Waals surface area contributed by atoms with Crippen molar-refractivity contribution in [2.45, 2.75) is 108 Å². The minimum absolute atomic E-state index is 0.146. The molecule has 27 heavy (non-hydrogen) atoms. The predicted molar refractivity (Wildman–Crippen MR) is 116 cm³/mol. The summed E-state index contributed by atoms with van der Waals surface area (Å²) in [5, 5.41) is 11.4. The standard InChI is InChI=1S/C25H39ClO/c1-3-5-6-7-9-22-21(14-15-23(22)26)19-10-12-20(13-11-19)24(27)25(16-4-2)17-8-18-25/h10-13,21-24,27H,3-9,14-18H2,1-2H3. The van der Waals surface area contributed by atoms with Gasteiger partial charge in [0, 0.05) is 10.8 Å². The Morgan fingerprint density at radius 3 is 2.37 bits per heavy atom. The lowest BCUT2D eigenvalue weighted by molar-refractivity contribution is -0.0440. The highest BCUT2D eigenvalue weighted by molar-refractivity contribution is 6.21. The van der Waals surface area contributed by atoms with Gasteiger partial charge in [-0.2, -0.15) is 0 Å². The molecule has 3 rings (SSSR count). The molecule has 1 nitrogen and oxygen atoms in total. The van der Waals surface area contributed by atoms with Crippen molar-refractivity contribution in [3.63, 3.8) is 0 Å². The van der Waals surface area contributed by atoms with Gasteiger partial charge in [0.15, 0.2) is 0 Å². The largest absolute Gasteiger partial charge is 0.388 e. The summed E-state index contributed by atoms with van der Waals surface area (Å²) in [6.45, 7) is 4.51. The molecule has 0 saturated heterocycles. The lowest BCUT2D eigenvalue weighted by Crippen LogP contribution is -2.36. The smallest absolute Gasteiger partial charge is 0.0846 e. The molecule has 0 amide bonds. The molecule has 2 aliphatic rings. The van der Waals surface area contributed by atoms with Gasteiger partial charge in [-0.25, -0.2) is 0 Å². The molecule has 1 aromatic rings. The van der Waals surface area contributed by atoms with Gasteiger partial charge in [-0.05, 0) is 61.5 Å². The number of hydrogen-bond acceptors (Lipinski definition) is 1. The quantitative estimate of drug-likeness (QED) is 0.319. The number of unbranched alkanes of at least 4 members (excludes halogenated alkanes) is 3. The maximum absolute atomic E-state index is 11.0. The van der Waals surface area contributed by atoms with Crippen LogP contribution in [-0.4, -0.2) is 10.5 Å². The number of halogens is 1. The van der Waals surface area contributed by atoms with Crippen molar-refractivity contribution in [3.05, 3.63) is 35.4 Å². The van der Waals surface area contributed by atoms with Crippen LogP contribution in [0.5, 0.6) is 0 Å². The predicted octanol–water partition coefficient (Wildman–Crippen LogP) is 7.76. The maximum atomic E-state index is 11.0. The Morgan fingerprint density at radius 2 is 1.78 bits per heavy atom. The zero-order valence-electron chi connectivity index (χ0n) is 17.4. The molecule has 4 atom stereocenters. The number of alkyl halides is 1. The highest BCUT2D eigenvalue weighted by atomic mass is 35.5. The van der Waals surface area contributed by atoms with E-state index in [0.29, 0.717) is 17.2 Å². The molecule has 0 radical (unpaired) electrons. The molecule has 0 heterocycles. The van der Waals surface area contributed by atoms with E-state index in [4.69, 9.17) is 11.6 Å². The minimum atomic E-state index is -0.297. The lowest BCUT2D eigenvalue weighted by atomic mass is 9.61. The van der Waals surface area contributed by atoms with Gasteiger partial charge in [-0.15, -0.1) is 11.6 Å². The van der Waals surface area contributed by atoms with E-state index in [9.17, 15) is 5.11 Å². The first-order chi connectivity index (χ1) is 13.1. The molecular formula is C25H39ClO. The number of hydrogen-bond donors (Lipinski definition) is 1. The van der Waals surface area contributed by atoms with Crippen LogP contribution in [0.25, 0.3) is 0 Å². The Labute approximate surface area is 171 Å². The van der Waals surface area contributed by atoms with Crippen molar-refractivity contribution in [2.24, 2.45) is 11.3 Å². The summed E-state index contributed by atoms with van der Waals surface area (Å²) >= 11 is 6.70. The van der Waals surface area contributed by atoms with Gasteiger partial charge in [-0.3, -0.25) is 0 Å². The van der Waals surface area contributed by atoms with Crippen LogP contribution in [0, 0.1) is 11.3 Å². The molecule has 0 bridgehead atoms. The van der Waals surface area contributed by atoms with Crippen LogP contribution < -0.4 is 0 Å². The summed E-state index contributed by atoms with van der Waals surface area (Å²) in [5.41, 5.74) is 2.70. The van der Waals surface area contributed by atoms with Gasteiger partial charge >= 0.3 is 0 Å². The van der Waals surface area contributed by atoms with Gasteiger partial charge in [0.05, 0.1) is 6.10 Å². The molecule has 2 fully saturated rings. The van der Waals surface area contributed by atoms with E-state index in [0.717, 1.165) is 24.8 Å². The van der Waals surface area contributed by atoms with Crippen molar-refractivity contribution in [2.75, 3.05) is 0 Å². The summed E-state index contributed by atoms with van der Waals surface area (Å²) in [7, 11) is 0. The Hall–Kier alpha value is -0.530. The Bertz CT molecular complexity index is 562. The van der Waals surface area contributed by atoms with E-state index in [1.807, 2.05) is 0 Å². The molecule has 152 valence electrons. The van der Waals surface area contributed by atoms with Crippen LogP contribution >= 0.6 is 11.6 Å². The average Bonchev–Trinajstić information content (AvgIpc) is 3.02. The van der Waals surface area contributed by atoms with Gasteiger partial charge in [-0.1, -0.05) is 76.6 Å². The van der Waals surface area contributed by atoms with Gasteiger partial charge in [0.1, 0.15) is 0 Å². The molecule has 1 aromatic carbocycles. The first kappa shape index (κ1) is 21.2. The SMILES string of the molecule is CCCCCCC1C(Cl)CCC1c1ccc(C(O)C2(CCC)CCC2)cc1. The number of aliphatic hydroxyl groups is 1. The zero-order chi connectivity index (χ0) is 19.3. The Balaban J connectivity index is 1.65. The molecule has 2 aliphatic carbocycles. The van der Waals surface area contributed by atoms with Gasteiger partial charge in [0.25, 0.3) is 0 Å². The van der Waals surface area contributed by atoms with Crippen LogP contribution in [0.1, 0.15) is 114 Å². The first-order valence-corrected chi connectivity index (χ1v) is 12.0. The van der Waals surface area contributed by atoms with Crippen molar-refractivity contribution < 1.29 is 5.11 Å². The highest BCUT2D eigenvalue weighted by Crippen LogP contribution is 2.53. The second-order valence-electron chi connectivity index (χ2n) is 9.25. The van der Waals surface area contributed by atoms with Crippen LogP contribution in [-0.2, 0) is 0 Å². The topological polar surface area (TPSA) is 20.2 Å². The molecule has 2 saturated carbocycles. The molecule has 2 heteroatoms. The van der Waals surface area contributed by atoms with E-state index >= 15 is 0 Å². The molecule has 0 spiro atoms. The summed E-state index contributed by atoms with van der Waals surface area (Å²) in [5.74, 6) is 1.23. The molecule has 0 aromatic heterocycles. The summed E-state index contributed by atoms with van der Waals surface area (Å²) in [4.78, 5) is 0. The molecular weight excluding hydrogens is 352 g/mol. The normalized spacial score (nSPS) is 28.1. The number of benzene rings is 1. The second kappa shape index (κ2) is 9.79. The van der Waals surface area contributed by atoms with Crippen molar-refractivity contribution >= 4 is 11.6 Å². The third kappa shape index (κ3) is 4.73. The second-order valence-corrected chi connectivity index (χ2v) is 9.81. The Kier molecular flexibility index (Phi) is 7.68. The lowest BCUT2D eigenvalue weighted by Gasteiger charge is -2.46. The fourth-order valence-corrected chi connectivity index (χ4v) is 6.12. The van der Waals surface area contributed by atoms with Gasteiger partial charge < -0.3 is 5.11 Å². The minimum Gasteiger partial charge on any atom is -0.388 e. The van der Waals surface area contributed by atoms with Gasteiger partial charge in [0.2, 0.25) is 0 Å². The molecule has 0 aliphatic heterocycles. The number of rotatable bonds is 10. The highest BCUT2D eigenvalue weighted by Gasteiger charge is 2.43. The van der Waals surface area contributed by atoms with Crippen LogP contribution in [0.15, 0.2) is 24.3 Å². The third-order valence-electron chi connectivity index (χ3n) is 7.48. The zero-order valence-corrected chi connectivity index (χ0v) is 18.2. The van der Waals surface area contributed by atoms with E-state index in [1.165, 1.54) is 63.4 Å². The monoisotopic (exact) mass is 390 g/mol. The van der Waals surface area contributed by atoms with E-state index in [-0.39, 0.29) is 11.5 Å². The van der Waals surface area contributed by atoms with E-state index in [1.54, 1.807) is 0 Å². The van der Waals surface area contributed by atoms with E-state index in [2.05, 4.69) is 38.1 Å². The summed E-state index contributed by atoms with van der Waals surface area (Å²) in [6, 6.07) is 8.97. The van der Waals surface area contributed by atoms with Crippen molar-refractivity contribution in [3.8, 4) is 0 Å². The van der Waals surface area contributed by atoms with Crippen LogP contribution in [0.3, 0.4) is 0 Å². The van der Waals surface area contributed by atoms with Crippen LogP contribution in [0.4, 0.5) is 0 Å². The van der Waals surface area contributed by atoms with Crippen LogP contribution in [0.2, 0.25) is 0 Å². The Morgan fingerprint density at radius 1 is 1.04 bits per heavy atom. The number of aliphatic hydroxyl groups excluding tert-OH is 1. The van der Waals surface area contributed by atoms with Crippen molar-refractivity contribution in [1.29, 1.82) is 0 Å². The molecule has 1 N–H and O–H groups in total. The summed E-state index contributed by atoms with van der Waals surface area (Å²) in [6.07, 6.45) is 14.6. The fourth-order valence-electron chi connectivity index (χ4n) is 5.69.